The summed E-state index contributed by atoms with van der Waals surface area (Å²) < 4.78 is 7.25. The summed E-state index contributed by atoms with van der Waals surface area (Å²) >= 11 is 1.58. The summed E-state index contributed by atoms with van der Waals surface area (Å²) in [5, 5.41) is 6.51. The second-order valence-corrected chi connectivity index (χ2v) is 6.86. The van der Waals surface area contributed by atoms with E-state index in [1.54, 1.807) is 20.9 Å². The second kappa shape index (κ2) is 6.78. The third-order valence-corrected chi connectivity index (χ3v) is 4.93. The first-order valence-corrected chi connectivity index (χ1v) is 9.07. The molecule has 25 heavy (non-hydrogen) atoms. The van der Waals surface area contributed by atoms with Gasteiger partial charge in [0.05, 0.1) is 23.3 Å². The molecule has 1 aromatic carbocycles. The average molecular weight is 354 g/mol. The average Bonchev–Trinajstić information content (AvgIpc) is 3.31. The van der Waals surface area contributed by atoms with Gasteiger partial charge in [0.2, 0.25) is 5.82 Å². The number of hydrogen-bond donors (Lipinski definition) is 0. The molecular weight excluding hydrogens is 336 g/mol. The van der Waals surface area contributed by atoms with E-state index in [2.05, 4.69) is 10.1 Å². The number of aromatic nitrogens is 3. The van der Waals surface area contributed by atoms with E-state index in [1.165, 1.54) is 0 Å². The highest BCUT2D eigenvalue weighted by atomic mass is 32.1. The molecule has 1 amide bonds. The van der Waals surface area contributed by atoms with Crippen LogP contribution >= 0.6 is 11.3 Å². The molecule has 3 heterocycles. The first-order chi connectivity index (χ1) is 12.2. The lowest BCUT2D eigenvalue weighted by atomic mass is 10.3. The first kappa shape index (κ1) is 16.0. The van der Waals surface area contributed by atoms with E-state index >= 15 is 0 Å². The predicted octanol–water partition coefficient (Wildman–Crippen LogP) is 2.86. The van der Waals surface area contributed by atoms with Gasteiger partial charge in [-0.25, -0.2) is 9.67 Å². The van der Waals surface area contributed by atoms with E-state index in [-0.39, 0.29) is 17.8 Å². The minimum atomic E-state index is -0.150. The van der Waals surface area contributed by atoms with Crippen LogP contribution in [0.2, 0.25) is 0 Å². The van der Waals surface area contributed by atoms with Crippen LogP contribution in [0.15, 0.2) is 47.8 Å². The lowest BCUT2D eigenvalue weighted by molar-refractivity contribution is -0.0128. The van der Waals surface area contributed by atoms with E-state index in [0.29, 0.717) is 25.5 Å². The van der Waals surface area contributed by atoms with Crippen molar-refractivity contribution in [1.29, 1.82) is 0 Å². The summed E-state index contributed by atoms with van der Waals surface area (Å²) in [6.45, 7) is 3.64. The van der Waals surface area contributed by atoms with Crippen molar-refractivity contribution >= 4 is 17.2 Å². The fourth-order valence-electron chi connectivity index (χ4n) is 2.86. The zero-order valence-corrected chi connectivity index (χ0v) is 14.6. The van der Waals surface area contributed by atoms with E-state index in [9.17, 15) is 4.79 Å². The van der Waals surface area contributed by atoms with Crippen molar-refractivity contribution in [3.05, 3.63) is 53.7 Å². The topological polar surface area (TPSA) is 60.2 Å². The fraction of sp³-hybridized carbons (Fsp3) is 0.278. The molecule has 2 aromatic heterocycles. The molecule has 7 heteroatoms. The Morgan fingerprint density at radius 1 is 1.24 bits per heavy atom. The SMILES string of the molecule is CC1CN(C(=O)c2nc(-c3cccs3)n(-c3ccccc3)n2)CCO1. The van der Waals surface area contributed by atoms with E-state index in [0.717, 1.165) is 10.6 Å². The van der Waals surface area contributed by atoms with Crippen molar-refractivity contribution < 1.29 is 9.53 Å². The van der Waals surface area contributed by atoms with Crippen LogP contribution in [0, 0.1) is 0 Å². The maximum Gasteiger partial charge on any atom is 0.293 e. The molecule has 6 nitrogen and oxygen atoms in total. The molecule has 0 N–H and O–H groups in total. The minimum absolute atomic E-state index is 0.0330. The molecule has 1 aliphatic rings. The highest BCUT2D eigenvalue weighted by Gasteiger charge is 2.27. The van der Waals surface area contributed by atoms with Crippen molar-refractivity contribution in [2.24, 2.45) is 0 Å². The predicted molar refractivity (Wildman–Crippen MR) is 96.0 cm³/mol. The number of amides is 1. The summed E-state index contributed by atoms with van der Waals surface area (Å²) in [7, 11) is 0. The van der Waals surface area contributed by atoms with Gasteiger partial charge in [-0.2, -0.15) is 0 Å². The number of nitrogens with zero attached hydrogens (tertiary/aromatic N) is 4. The van der Waals surface area contributed by atoms with Crippen molar-refractivity contribution in [1.82, 2.24) is 19.7 Å². The van der Waals surface area contributed by atoms with E-state index in [1.807, 2.05) is 54.8 Å². The number of para-hydroxylation sites is 1. The molecule has 1 unspecified atom stereocenters. The van der Waals surface area contributed by atoms with Gasteiger partial charge >= 0.3 is 0 Å². The zero-order valence-electron chi connectivity index (χ0n) is 13.8. The van der Waals surface area contributed by atoms with Crippen molar-refractivity contribution in [2.45, 2.75) is 13.0 Å². The Labute approximate surface area is 149 Å². The Hall–Kier alpha value is -2.51. The van der Waals surface area contributed by atoms with Crippen LogP contribution in [0.3, 0.4) is 0 Å². The molecule has 1 saturated heterocycles. The smallest absolute Gasteiger partial charge is 0.293 e. The van der Waals surface area contributed by atoms with Crippen LogP contribution in [0.25, 0.3) is 16.4 Å². The molecule has 0 saturated carbocycles. The summed E-state index contributed by atoms with van der Waals surface area (Å²) in [5.74, 6) is 0.759. The Morgan fingerprint density at radius 2 is 2.08 bits per heavy atom. The van der Waals surface area contributed by atoms with Gasteiger partial charge in [-0.05, 0) is 30.5 Å². The molecule has 1 aliphatic heterocycles. The summed E-state index contributed by atoms with van der Waals surface area (Å²) in [4.78, 5) is 20.1. The minimum Gasteiger partial charge on any atom is -0.375 e. The van der Waals surface area contributed by atoms with E-state index in [4.69, 9.17) is 4.74 Å². The highest BCUT2D eigenvalue weighted by molar-refractivity contribution is 7.13. The fourth-order valence-corrected chi connectivity index (χ4v) is 3.56. The standard InChI is InChI=1S/C18H18N4O2S/c1-13-12-21(9-10-24-13)18(23)16-19-17(15-8-5-11-25-15)22(20-16)14-6-3-2-4-7-14/h2-8,11,13H,9-10,12H2,1H3. The van der Waals surface area contributed by atoms with Gasteiger partial charge in [0, 0.05) is 13.1 Å². The van der Waals surface area contributed by atoms with Crippen LogP contribution < -0.4 is 0 Å². The maximum absolute atomic E-state index is 12.8. The molecular formula is C18H18N4O2S. The van der Waals surface area contributed by atoms with Crippen LogP contribution in [-0.2, 0) is 4.74 Å². The molecule has 128 valence electrons. The number of carbonyl (C=O) groups excluding carboxylic acids is 1. The Balaban J connectivity index is 1.73. The van der Waals surface area contributed by atoms with Crippen LogP contribution in [0.1, 0.15) is 17.5 Å². The molecule has 3 aromatic rings. The number of ether oxygens (including phenoxy) is 1. The van der Waals surface area contributed by atoms with E-state index < -0.39 is 0 Å². The van der Waals surface area contributed by atoms with Crippen LogP contribution in [0.5, 0.6) is 0 Å². The van der Waals surface area contributed by atoms with Gasteiger partial charge in [0.25, 0.3) is 5.91 Å². The van der Waals surface area contributed by atoms with Crippen LogP contribution in [-0.4, -0.2) is 51.4 Å². The number of rotatable bonds is 3. The molecule has 0 radical (unpaired) electrons. The monoisotopic (exact) mass is 354 g/mol. The summed E-state index contributed by atoms with van der Waals surface area (Å²) in [6.07, 6.45) is 0.0330. The Bertz CT molecular complexity index is 861. The normalized spacial score (nSPS) is 17.6. The molecule has 1 fully saturated rings. The Morgan fingerprint density at radius 3 is 2.80 bits per heavy atom. The third kappa shape index (κ3) is 3.20. The van der Waals surface area contributed by atoms with Crippen LogP contribution in [0.4, 0.5) is 0 Å². The second-order valence-electron chi connectivity index (χ2n) is 5.92. The maximum atomic E-state index is 12.8. The largest absolute Gasteiger partial charge is 0.375 e. The number of carbonyl (C=O) groups is 1. The Kier molecular flexibility index (Phi) is 4.33. The summed E-state index contributed by atoms with van der Waals surface area (Å²) in [6, 6.07) is 13.7. The highest BCUT2D eigenvalue weighted by Crippen LogP contribution is 2.26. The van der Waals surface area contributed by atoms with Gasteiger partial charge < -0.3 is 9.64 Å². The molecule has 4 rings (SSSR count). The quantitative estimate of drug-likeness (QED) is 0.726. The number of thiophene rings is 1. The summed E-state index contributed by atoms with van der Waals surface area (Å²) in [5.41, 5.74) is 0.882. The van der Waals surface area contributed by atoms with Crippen molar-refractivity contribution in [3.63, 3.8) is 0 Å². The lowest BCUT2D eigenvalue weighted by Crippen LogP contribution is -2.44. The molecule has 0 aliphatic carbocycles. The van der Waals surface area contributed by atoms with Gasteiger partial charge in [0.15, 0.2) is 5.82 Å². The molecule has 0 spiro atoms. The van der Waals surface area contributed by atoms with Gasteiger partial charge in [-0.3, -0.25) is 4.79 Å². The number of morpholine rings is 1. The van der Waals surface area contributed by atoms with Gasteiger partial charge in [0.1, 0.15) is 0 Å². The first-order valence-electron chi connectivity index (χ1n) is 8.19. The van der Waals surface area contributed by atoms with Gasteiger partial charge in [-0.15, -0.1) is 16.4 Å². The van der Waals surface area contributed by atoms with Crippen molar-refractivity contribution in [3.8, 4) is 16.4 Å². The van der Waals surface area contributed by atoms with Crippen molar-refractivity contribution in [2.75, 3.05) is 19.7 Å². The molecule has 0 bridgehead atoms. The zero-order chi connectivity index (χ0) is 17.2. The third-order valence-electron chi connectivity index (χ3n) is 4.07. The molecule has 1 atom stereocenters. The van der Waals surface area contributed by atoms with Gasteiger partial charge in [-0.1, -0.05) is 24.3 Å². The number of benzene rings is 1. The number of hydrogen-bond acceptors (Lipinski definition) is 5. The lowest BCUT2D eigenvalue weighted by Gasteiger charge is -2.30.